The minimum absolute atomic E-state index is 0.838. The van der Waals surface area contributed by atoms with Crippen molar-refractivity contribution in [3.63, 3.8) is 0 Å². The van der Waals surface area contributed by atoms with Gasteiger partial charge in [-0.25, -0.2) is 0 Å². The first-order chi connectivity index (χ1) is 32.3. The van der Waals surface area contributed by atoms with Crippen molar-refractivity contribution in [1.82, 2.24) is 18.3 Å². The summed E-state index contributed by atoms with van der Waals surface area (Å²) in [5.74, 6) is 0. The van der Waals surface area contributed by atoms with Crippen LogP contribution in [0.25, 0.3) is 132 Å². The maximum atomic E-state index is 7.51. The lowest BCUT2D eigenvalue weighted by molar-refractivity contribution is 0.664. The third kappa shape index (κ3) is 4.60. The van der Waals surface area contributed by atoms with Gasteiger partial charge >= 0.3 is 0 Å². The zero-order chi connectivity index (χ0) is 42.3. The molecule has 15 aromatic rings. The molecule has 0 saturated heterocycles. The summed E-state index contributed by atoms with van der Waals surface area (Å²) in [5, 5.41) is 11.9. The monoisotopic (exact) mass is 828 g/mol. The van der Waals surface area contributed by atoms with Gasteiger partial charge in [0, 0.05) is 54.2 Å². The second kappa shape index (κ2) is 12.9. The molecule has 0 fully saturated rings. The molecule has 5 heterocycles. The molecule has 5 nitrogen and oxygen atoms in total. The van der Waals surface area contributed by atoms with Gasteiger partial charge < -0.3 is 22.7 Å². The second-order valence-corrected chi connectivity index (χ2v) is 17.2. The Kier molecular flexibility index (Phi) is 6.89. The van der Waals surface area contributed by atoms with Gasteiger partial charge in [-0.2, -0.15) is 0 Å². The van der Waals surface area contributed by atoms with Crippen LogP contribution in [0.4, 0.5) is 0 Å². The summed E-state index contributed by atoms with van der Waals surface area (Å²) in [6.07, 6.45) is 0. The number of hydrogen-bond acceptors (Lipinski definition) is 1. The maximum absolute atomic E-state index is 7.51. The average molecular weight is 829 g/mol. The minimum atomic E-state index is 0.838. The molecule has 0 bridgehead atoms. The van der Waals surface area contributed by atoms with Crippen LogP contribution in [0.3, 0.4) is 0 Å². The molecule has 302 valence electrons. The van der Waals surface area contributed by atoms with Gasteiger partial charge in [0.05, 0.1) is 66.6 Å². The van der Waals surface area contributed by atoms with Gasteiger partial charge in [0.25, 0.3) is 0 Å². The summed E-state index contributed by atoms with van der Waals surface area (Å²) in [4.78, 5) is 0. The Labute approximate surface area is 371 Å². The van der Waals surface area contributed by atoms with Gasteiger partial charge in [-0.05, 0) is 78.9 Å². The highest BCUT2D eigenvalue weighted by Crippen LogP contribution is 2.46. The van der Waals surface area contributed by atoms with Gasteiger partial charge in [0.15, 0.2) is 11.2 Å². The van der Waals surface area contributed by atoms with E-state index in [9.17, 15) is 0 Å². The van der Waals surface area contributed by atoms with E-state index in [1.54, 1.807) is 0 Å². The van der Waals surface area contributed by atoms with E-state index in [1.165, 1.54) is 54.1 Å². The number of aromatic nitrogens is 4. The zero-order valence-corrected chi connectivity index (χ0v) is 35.0. The third-order valence-corrected chi connectivity index (χ3v) is 14.0. The topological polar surface area (TPSA) is 32.9 Å². The van der Waals surface area contributed by atoms with Crippen molar-refractivity contribution in [3.05, 3.63) is 218 Å². The normalized spacial score (nSPS) is 12.3. The van der Waals surface area contributed by atoms with Crippen LogP contribution in [0.1, 0.15) is 0 Å². The molecule has 0 aliphatic heterocycles. The molecule has 0 aliphatic carbocycles. The molecule has 0 saturated carbocycles. The van der Waals surface area contributed by atoms with E-state index in [1.807, 2.05) is 0 Å². The Morgan fingerprint density at radius 1 is 0.231 bits per heavy atom. The quantitative estimate of drug-likeness (QED) is 0.174. The highest BCUT2D eigenvalue weighted by atomic mass is 16.3. The van der Waals surface area contributed by atoms with Crippen LogP contribution >= 0.6 is 0 Å². The van der Waals surface area contributed by atoms with Crippen LogP contribution in [0.2, 0.25) is 0 Å². The summed E-state index contributed by atoms with van der Waals surface area (Å²) >= 11 is 0. The Bertz CT molecular complexity index is 4330. The molecule has 10 aromatic carbocycles. The Morgan fingerprint density at radius 2 is 0.569 bits per heavy atom. The molecule has 5 heteroatoms. The number of fused-ring (bicyclic) bond motifs is 15. The van der Waals surface area contributed by atoms with Crippen LogP contribution in [-0.2, 0) is 0 Å². The highest BCUT2D eigenvalue weighted by molar-refractivity contribution is 6.20. The summed E-state index contributed by atoms with van der Waals surface area (Å²) in [6, 6.07) is 79.3. The second-order valence-electron chi connectivity index (χ2n) is 17.2. The molecule has 15 rings (SSSR count). The summed E-state index contributed by atoms with van der Waals surface area (Å²) in [7, 11) is 0. The van der Waals surface area contributed by atoms with Gasteiger partial charge in [0.2, 0.25) is 0 Å². The molecule has 0 aliphatic rings. The van der Waals surface area contributed by atoms with Gasteiger partial charge in [-0.15, -0.1) is 0 Å². The smallest absolute Gasteiger partial charge is 0.161 e. The largest absolute Gasteiger partial charge is 0.452 e. The van der Waals surface area contributed by atoms with Crippen molar-refractivity contribution in [2.24, 2.45) is 0 Å². The SMILES string of the molecule is c1cc(-n2c3ccccc3c3ccccc32)c2oc3c(-n4c5ccccc5c5ccccc54)ccc(-n4c5ccccc5c5cc(-n6c7ccccc7c7ccccc76)ccc54)c3c2c1. The molecule has 5 aromatic heterocycles. The zero-order valence-electron chi connectivity index (χ0n) is 35.0. The van der Waals surface area contributed by atoms with E-state index in [0.717, 1.165) is 77.8 Å². The number of hydrogen-bond donors (Lipinski definition) is 0. The molecular weight excluding hydrogens is 793 g/mol. The summed E-state index contributed by atoms with van der Waals surface area (Å²) in [6.45, 7) is 0. The minimum Gasteiger partial charge on any atom is -0.452 e. The van der Waals surface area contributed by atoms with E-state index >= 15 is 0 Å². The van der Waals surface area contributed by atoms with Crippen LogP contribution in [0, 0.1) is 0 Å². The van der Waals surface area contributed by atoms with E-state index in [4.69, 9.17) is 4.42 Å². The van der Waals surface area contributed by atoms with Crippen LogP contribution in [0.5, 0.6) is 0 Å². The number of furan rings is 1. The molecule has 0 N–H and O–H groups in total. The summed E-state index contributed by atoms with van der Waals surface area (Å²) < 4.78 is 17.2. The van der Waals surface area contributed by atoms with Gasteiger partial charge in [-0.1, -0.05) is 140 Å². The fraction of sp³-hybridized carbons (Fsp3) is 0. The molecule has 0 atom stereocenters. The van der Waals surface area contributed by atoms with Crippen molar-refractivity contribution >= 4 is 109 Å². The van der Waals surface area contributed by atoms with Crippen molar-refractivity contribution < 1.29 is 4.42 Å². The van der Waals surface area contributed by atoms with Crippen molar-refractivity contribution in [3.8, 4) is 22.7 Å². The third-order valence-electron chi connectivity index (χ3n) is 14.0. The van der Waals surface area contributed by atoms with E-state index in [2.05, 4.69) is 237 Å². The molecule has 0 unspecified atom stereocenters. The Balaban J connectivity index is 1.07. The molecule has 0 amide bonds. The molecular formula is C60H36N4O. The Morgan fingerprint density at radius 3 is 1.03 bits per heavy atom. The molecule has 0 spiro atoms. The lowest BCUT2D eigenvalue weighted by atomic mass is 10.1. The number of para-hydroxylation sites is 8. The Hall–Kier alpha value is -8.80. The number of nitrogens with zero attached hydrogens (tertiary/aromatic N) is 4. The van der Waals surface area contributed by atoms with Crippen LogP contribution < -0.4 is 0 Å². The van der Waals surface area contributed by atoms with Gasteiger partial charge in [-0.3, -0.25) is 0 Å². The lowest BCUT2D eigenvalue weighted by Gasteiger charge is -2.14. The van der Waals surface area contributed by atoms with Crippen LogP contribution in [-0.4, -0.2) is 18.3 Å². The first-order valence-electron chi connectivity index (χ1n) is 22.3. The first-order valence-corrected chi connectivity index (χ1v) is 22.3. The van der Waals surface area contributed by atoms with Crippen LogP contribution in [0.15, 0.2) is 223 Å². The fourth-order valence-electron chi connectivity index (χ4n) is 11.3. The lowest BCUT2D eigenvalue weighted by Crippen LogP contribution is -1.99. The van der Waals surface area contributed by atoms with E-state index in [-0.39, 0.29) is 0 Å². The van der Waals surface area contributed by atoms with Crippen molar-refractivity contribution in [2.75, 3.05) is 0 Å². The van der Waals surface area contributed by atoms with Crippen molar-refractivity contribution in [2.45, 2.75) is 0 Å². The van der Waals surface area contributed by atoms with Gasteiger partial charge in [0.1, 0.15) is 0 Å². The average Bonchev–Trinajstić information content (AvgIpc) is 4.17. The predicted molar refractivity (Wildman–Crippen MR) is 271 cm³/mol. The standard InChI is InChI=1S/C60H36N4O/c1-8-24-47-38(16-1)39-17-2-9-25-48(39)61(47)37-32-33-54-46(36-37)44-22-7-14-30-53(44)62(54)55-34-35-57(64-51-28-12-5-20-42(51)43-21-6-13-29-52(43)64)60-58(55)45-23-15-31-56(59(45)65-60)63-49-26-10-3-18-40(49)41-19-4-11-27-50(41)63/h1-36H. The number of rotatable bonds is 4. The number of benzene rings is 10. The predicted octanol–water partition coefficient (Wildman–Crippen LogP) is 16.0. The highest BCUT2D eigenvalue weighted by Gasteiger charge is 2.25. The van der Waals surface area contributed by atoms with E-state index in [0.29, 0.717) is 0 Å². The molecule has 0 radical (unpaired) electrons. The molecule has 65 heavy (non-hydrogen) atoms. The van der Waals surface area contributed by atoms with E-state index < -0.39 is 0 Å². The summed E-state index contributed by atoms with van der Waals surface area (Å²) in [5.41, 5.74) is 15.1. The van der Waals surface area contributed by atoms with Crippen molar-refractivity contribution in [1.29, 1.82) is 0 Å². The maximum Gasteiger partial charge on any atom is 0.161 e. The first kappa shape index (κ1) is 34.7. The fourth-order valence-corrected chi connectivity index (χ4v) is 11.3.